The van der Waals surface area contributed by atoms with E-state index in [9.17, 15) is 10.2 Å². The van der Waals surface area contributed by atoms with Crippen molar-refractivity contribution >= 4 is 22.7 Å². The molecule has 0 amide bonds. The number of aliphatic hydroxyl groups excluding tert-OH is 2. The predicted octanol–water partition coefficient (Wildman–Crippen LogP) is 1.45. The van der Waals surface area contributed by atoms with Crippen LogP contribution in [0.5, 0.6) is 0 Å². The van der Waals surface area contributed by atoms with Crippen molar-refractivity contribution in [2.75, 3.05) is 12.4 Å². The van der Waals surface area contributed by atoms with Crippen LogP contribution >= 0.6 is 11.8 Å². The third kappa shape index (κ3) is 2.74. The summed E-state index contributed by atoms with van der Waals surface area (Å²) >= 11 is 1.53. The van der Waals surface area contributed by atoms with Crippen molar-refractivity contribution in [1.82, 2.24) is 4.98 Å². The number of rotatable bonds is 3. The Balaban J connectivity index is 1.68. The molecule has 1 aliphatic rings. The van der Waals surface area contributed by atoms with Gasteiger partial charge in [-0.3, -0.25) is 0 Å². The summed E-state index contributed by atoms with van der Waals surface area (Å²) in [6.45, 7) is 0.206. The van der Waals surface area contributed by atoms with Crippen molar-refractivity contribution in [2.24, 2.45) is 0 Å². The maximum atomic E-state index is 9.70. The van der Waals surface area contributed by atoms with Crippen LogP contribution in [0, 0.1) is 0 Å². The van der Waals surface area contributed by atoms with E-state index in [-0.39, 0.29) is 12.7 Å². The molecule has 0 spiro atoms. The van der Waals surface area contributed by atoms with Crippen LogP contribution in [0.2, 0.25) is 0 Å². The third-order valence-corrected chi connectivity index (χ3v) is 4.24. The molecule has 1 aromatic heterocycles. The number of fused-ring (bicyclic) bond motifs is 1. The fourth-order valence-corrected chi connectivity index (χ4v) is 3.06. The summed E-state index contributed by atoms with van der Waals surface area (Å²) in [5.74, 6) is 0.587. The molecule has 1 aliphatic heterocycles. The molecule has 0 aliphatic carbocycles. The lowest BCUT2D eigenvalue weighted by Gasteiger charge is -2.13. The smallest absolute Gasteiger partial charge is 0.109 e. The van der Waals surface area contributed by atoms with E-state index in [4.69, 9.17) is 4.74 Å². The van der Waals surface area contributed by atoms with Crippen LogP contribution in [0.15, 0.2) is 41.4 Å². The third-order valence-electron chi connectivity index (χ3n) is 3.22. The lowest BCUT2D eigenvalue weighted by Crippen LogP contribution is -2.31. The van der Waals surface area contributed by atoms with Gasteiger partial charge in [-0.2, -0.15) is 0 Å². The molecule has 3 rings (SSSR count). The lowest BCUT2D eigenvalue weighted by molar-refractivity contribution is 0.0337. The van der Waals surface area contributed by atoms with Gasteiger partial charge in [0.2, 0.25) is 0 Å². The van der Waals surface area contributed by atoms with Crippen molar-refractivity contribution < 1.29 is 14.9 Å². The molecule has 2 heterocycles. The molecular weight excluding hydrogens is 262 g/mol. The van der Waals surface area contributed by atoms with Crippen LogP contribution in [-0.2, 0) is 4.74 Å². The fourth-order valence-electron chi connectivity index (χ4n) is 2.11. The SMILES string of the molecule is OC1COC(CSc2ccc3ccccc3n2)C1O. The first-order chi connectivity index (χ1) is 9.24. The van der Waals surface area contributed by atoms with E-state index in [2.05, 4.69) is 4.98 Å². The summed E-state index contributed by atoms with van der Waals surface area (Å²) in [5, 5.41) is 21.1. The van der Waals surface area contributed by atoms with E-state index in [1.807, 2.05) is 36.4 Å². The van der Waals surface area contributed by atoms with Gasteiger partial charge in [0, 0.05) is 11.1 Å². The highest BCUT2D eigenvalue weighted by Crippen LogP contribution is 2.24. The Morgan fingerprint density at radius 1 is 1.21 bits per heavy atom. The minimum absolute atomic E-state index is 0.206. The van der Waals surface area contributed by atoms with E-state index in [0.717, 1.165) is 15.9 Å². The minimum Gasteiger partial charge on any atom is -0.388 e. The Hall–Kier alpha value is -1.14. The van der Waals surface area contributed by atoms with Crippen LogP contribution in [0.4, 0.5) is 0 Å². The average Bonchev–Trinajstić information content (AvgIpc) is 2.76. The highest BCUT2D eigenvalue weighted by Gasteiger charge is 2.34. The maximum absolute atomic E-state index is 9.70. The molecule has 2 N–H and O–H groups in total. The van der Waals surface area contributed by atoms with E-state index < -0.39 is 12.2 Å². The van der Waals surface area contributed by atoms with Gasteiger partial charge in [0.15, 0.2) is 0 Å². The molecule has 5 heteroatoms. The zero-order chi connectivity index (χ0) is 13.2. The van der Waals surface area contributed by atoms with Crippen LogP contribution in [0.25, 0.3) is 10.9 Å². The molecule has 3 unspecified atom stereocenters. The van der Waals surface area contributed by atoms with Crippen molar-refractivity contribution in [1.29, 1.82) is 0 Å². The van der Waals surface area contributed by atoms with Gasteiger partial charge in [-0.25, -0.2) is 4.98 Å². The van der Waals surface area contributed by atoms with Crippen LogP contribution in [0.3, 0.4) is 0 Å². The predicted molar refractivity (Wildman–Crippen MR) is 74.2 cm³/mol. The molecule has 0 bridgehead atoms. The minimum atomic E-state index is -0.798. The lowest BCUT2D eigenvalue weighted by atomic mass is 10.2. The standard InChI is InChI=1S/C14H15NO3S/c16-11-7-18-12(14(11)17)8-19-13-6-5-9-3-1-2-4-10(9)15-13/h1-6,11-12,14,16-17H,7-8H2. The molecule has 4 nitrogen and oxygen atoms in total. The second-order valence-electron chi connectivity index (χ2n) is 4.58. The molecule has 2 aromatic rings. The van der Waals surface area contributed by atoms with Gasteiger partial charge in [-0.15, -0.1) is 11.8 Å². The van der Waals surface area contributed by atoms with Crippen LogP contribution in [0.1, 0.15) is 0 Å². The Labute approximate surface area is 115 Å². The van der Waals surface area contributed by atoms with Crippen molar-refractivity contribution in [3.63, 3.8) is 0 Å². The zero-order valence-electron chi connectivity index (χ0n) is 10.3. The summed E-state index contributed by atoms with van der Waals surface area (Å²) in [6, 6.07) is 11.9. The highest BCUT2D eigenvalue weighted by molar-refractivity contribution is 7.99. The monoisotopic (exact) mass is 277 g/mol. The maximum Gasteiger partial charge on any atom is 0.109 e. The molecule has 19 heavy (non-hydrogen) atoms. The summed E-state index contributed by atoms with van der Waals surface area (Å²) in [7, 11) is 0. The number of aromatic nitrogens is 1. The van der Waals surface area contributed by atoms with Gasteiger partial charge in [-0.1, -0.05) is 24.3 Å². The summed E-state index contributed by atoms with van der Waals surface area (Å²) in [4.78, 5) is 4.54. The first kappa shape index (κ1) is 12.9. The van der Waals surface area contributed by atoms with E-state index >= 15 is 0 Å². The van der Waals surface area contributed by atoms with E-state index in [1.54, 1.807) is 0 Å². The van der Waals surface area contributed by atoms with Gasteiger partial charge in [0.25, 0.3) is 0 Å². The highest BCUT2D eigenvalue weighted by atomic mass is 32.2. The van der Waals surface area contributed by atoms with Crippen LogP contribution < -0.4 is 0 Å². The molecule has 1 aromatic carbocycles. The van der Waals surface area contributed by atoms with Crippen LogP contribution in [-0.4, -0.2) is 45.9 Å². The van der Waals surface area contributed by atoms with Crippen molar-refractivity contribution in [3.05, 3.63) is 36.4 Å². The number of nitrogens with zero attached hydrogens (tertiary/aromatic N) is 1. The number of pyridine rings is 1. The molecule has 0 saturated carbocycles. The quantitative estimate of drug-likeness (QED) is 0.831. The van der Waals surface area contributed by atoms with Crippen molar-refractivity contribution in [3.8, 4) is 0 Å². The number of benzene rings is 1. The van der Waals surface area contributed by atoms with Gasteiger partial charge in [0.05, 0.1) is 23.3 Å². The number of hydrogen-bond donors (Lipinski definition) is 2. The fraction of sp³-hybridized carbons (Fsp3) is 0.357. The van der Waals surface area contributed by atoms with E-state index in [1.165, 1.54) is 11.8 Å². The molecule has 100 valence electrons. The first-order valence-electron chi connectivity index (χ1n) is 6.20. The summed E-state index contributed by atoms with van der Waals surface area (Å²) in [6.07, 6.45) is -1.89. The molecule has 3 atom stereocenters. The Morgan fingerprint density at radius 2 is 2.05 bits per heavy atom. The molecule has 0 radical (unpaired) electrons. The van der Waals surface area contributed by atoms with E-state index in [0.29, 0.717) is 5.75 Å². The largest absolute Gasteiger partial charge is 0.388 e. The normalized spacial score (nSPS) is 26.9. The average molecular weight is 277 g/mol. The number of para-hydroxylation sites is 1. The Bertz CT molecular complexity index is 577. The van der Waals surface area contributed by atoms with Gasteiger partial charge < -0.3 is 14.9 Å². The topological polar surface area (TPSA) is 62.6 Å². The molecule has 1 saturated heterocycles. The second-order valence-corrected chi connectivity index (χ2v) is 5.62. The Kier molecular flexibility index (Phi) is 3.70. The first-order valence-corrected chi connectivity index (χ1v) is 7.19. The molecule has 1 fully saturated rings. The number of thioether (sulfide) groups is 1. The van der Waals surface area contributed by atoms with Gasteiger partial charge in [0.1, 0.15) is 12.2 Å². The van der Waals surface area contributed by atoms with Crippen molar-refractivity contribution in [2.45, 2.75) is 23.3 Å². The summed E-state index contributed by atoms with van der Waals surface area (Å²) < 4.78 is 5.34. The second kappa shape index (κ2) is 5.46. The number of ether oxygens (including phenoxy) is 1. The van der Waals surface area contributed by atoms with Gasteiger partial charge in [-0.05, 0) is 12.1 Å². The number of aliphatic hydroxyl groups is 2. The zero-order valence-corrected chi connectivity index (χ0v) is 11.1. The number of hydrogen-bond acceptors (Lipinski definition) is 5. The summed E-state index contributed by atoms with van der Waals surface area (Å²) in [5.41, 5.74) is 0.959. The molecular formula is C14H15NO3S. The Morgan fingerprint density at radius 3 is 2.84 bits per heavy atom. The van der Waals surface area contributed by atoms with Gasteiger partial charge >= 0.3 is 0 Å².